The summed E-state index contributed by atoms with van der Waals surface area (Å²) in [6.07, 6.45) is 0.795. The Morgan fingerprint density at radius 3 is 2.80 bits per heavy atom. The van der Waals surface area contributed by atoms with Crippen LogP contribution in [0.1, 0.15) is 20.3 Å². The van der Waals surface area contributed by atoms with E-state index in [-0.39, 0.29) is 17.5 Å². The van der Waals surface area contributed by atoms with Crippen LogP contribution in [0, 0.1) is 5.41 Å². The van der Waals surface area contributed by atoms with Crippen molar-refractivity contribution in [2.24, 2.45) is 11.1 Å². The summed E-state index contributed by atoms with van der Waals surface area (Å²) in [7, 11) is 0. The van der Waals surface area contributed by atoms with Crippen LogP contribution in [0.4, 0.5) is 10.5 Å². The minimum Gasteiger partial charge on any atom is -0.327 e. The predicted molar refractivity (Wildman–Crippen MR) is 83.4 cm³/mol. The molecule has 0 aromatic heterocycles. The van der Waals surface area contributed by atoms with Gasteiger partial charge in [-0.05, 0) is 30.0 Å². The Kier molecular flexibility index (Phi) is 4.47. The first kappa shape index (κ1) is 15.4. The summed E-state index contributed by atoms with van der Waals surface area (Å²) in [4.78, 5) is 14.1. The van der Waals surface area contributed by atoms with Gasteiger partial charge >= 0.3 is 6.03 Å². The van der Waals surface area contributed by atoms with E-state index in [1.807, 2.05) is 0 Å². The molecule has 0 spiro atoms. The van der Waals surface area contributed by atoms with Gasteiger partial charge in [-0.15, -0.1) is 0 Å². The highest BCUT2D eigenvalue weighted by atomic mass is 35.5. The summed E-state index contributed by atoms with van der Waals surface area (Å²) in [6.45, 7) is 5.42. The standard InChI is InChI=1S/C14H19Cl2N3O/c1-14(2)8-19(6-5-12(14)17)13(20)18-11-7-9(15)3-4-10(11)16/h3-4,7,12H,5-6,8,17H2,1-2H3,(H,18,20). The largest absolute Gasteiger partial charge is 0.327 e. The van der Waals surface area contributed by atoms with Crippen molar-refractivity contribution in [1.29, 1.82) is 0 Å². The number of amides is 2. The Morgan fingerprint density at radius 1 is 1.45 bits per heavy atom. The van der Waals surface area contributed by atoms with Gasteiger partial charge in [0.2, 0.25) is 0 Å². The van der Waals surface area contributed by atoms with Gasteiger partial charge in [-0.3, -0.25) is 0 Å². The Balaban J connectivity index is 2.07. The molecule has 4 nitrogen and oxygen atoms in total. The molecule has 1 aliphatic heterocycles. The number of nitrogens with two attached hydrogens (primary N) is 1. The number of hydrogen-bond donors (Lipinski definition) is 2. The molecular weight excluding hydrogens is 297 g/mol. The number of nitrogens with zero attached hydrogens (tertiary/aromatic N) is 1. The highest BCUT2D eigenvalue weighted by molar-refractivity contribution is 6.35. The van der Waals surface area contributed by atoms with Crippen LogP contribution in [-0.2, 0) is 0 Å². The van der Waals surface area contributed by atoms with Gasteiger partial charge in [0.15, 0.2) is 0 Å². The first-order valence-electron chi connectivity index (χ1n) is 6.56. The maximum atomic E-state index is 12.3. The molecule has 1 unspecified atom stereocenters. The van der Waals surface area contributed by atoms with E-state index in [0.717, 1.165) is 6.42 Å². The van der Waals surface area contributed by atoms with E-state index in [2.05, 4.69) is 19.2 Å². The number of hydrogen-bond acceptors (Lipinski definition) is 2. The fourth-order valence-electron chi connectivity index (χ4n) is 2.33. The zero-order valence-corrected chi connectivity index (χ0v) is 13.1. The van der Waals surface area contributed by atoms with Crippen molar-refractivity contribution in [2.75, 3.05) is 18.4 Å². The summed E-state index contributed by atoms with van der Waals surface area (Å²) < 4.78 is 0. The number of piperidine rings is 1. The Bertz CT molecular complexity index is 519. The summed E-state index contributed by atoms with van der Waals surface area (Å²) in [5.74, 6) is 0. The number of likely N-dealkylation sites (tertiary alicyclic amines) is 1. The lowest BCUT2D eigenvalue weighted by molar-refractivity contribution is 0.118. The topological polar surface area (TPSA) is 58.4 Å². The third-order valence-corrected chi connectivity index (χ3v) is 4.33. The maximum absolute atomic E-state index is 12.3. The second-order valence-corrected chi connectivity index (χ2v) is 6.70. The molecule has 2 amide bonds. The number of anilines is 1. The molecule has 1 heterocycles. The van der Waals surface area contributed by atoms with Crippen LogP contribution in [0.25, 0.3) is 0 Å². The van der Waals surface area contributed by atoms with Crippen molar-refractivity contribution in [3.05, 3.63) is 28.2 Å². The van der Waals surface area contributed by atoms with E-state index >= 15 is 0 Å². The molecule has 1 aromatic rings. The molecule has 6 heteroatoms. The van der Waals surface area contributed by atoms with Gasteiger partial charge in [-0.25, -0.2) is 4.79 Å². The molecule has 1 saturated heterocycles. The summed E-state index contributed by atoms with van der Waals surface area (Å²) in [6, 6.07) is 4.93. The van der Waals surface area contributed by atoms with Gasteiger partial charge in [0, 0.05) is 24.2 Å². The molecule has 0 bridgehead atoms. The first-order valence-corrected chi connectivity index (χ1v) is 7.32. The third-order valence-electron chi connectivity index (χ3n) is 3.77. The second-order valence-electron chi connectivity index (χ2n) is 5.86. The minimum absolute atomic E-state index is 0.0896. The first-order chi connectivity index (χ1) is 9.29. The summed E-state index contributed by atoms with van der Waals surface area (Å²) in [5.41, 5.74) is 6.51. The molecule has 1 fully saturated rings. The fourth-order valence-corrected chi connectivity index (χ4v) is 2.67. The second kappa shape index (κ2) is 5.80. The number of carbonyl (C=O) groups excluding carboxylic acids is 1. The molecule has 1 aromatic carbocycles. The van der Waals surface area contributed by atoms with Crippen molar-refractivity contribution in [3.63, 3.8) is 0 Å². The molecular formula is C14H19Cl2N3O. The lowest BCUT2D eigenvalue weighted by Gasteiger charge is -2.42. The number of carbonyl (C=O) groups is 1. The molecule has 1 atom stereocenters. The molecule has 0 saturated carbocycles. The molecule has 2 rings (SSSR count). The van der Waals surface area contributed by atoms with Crippen molar-refractivity contribution in [3.8, 4) is 0 Å². The molecule has 20 heavy (non-hydrogen) atoms. The van der Waals surface area contributed by atoms with Gasteiger partial charge in [0.25, 0.3) is 0 Å². The Hall–Kier alpha value is -0.970. The zero-order chi connectivity index (χ0) is 14.9. The number of nitrogens with one attached hydrogen (secondary N) is 1. The van der Waals surface area contributed by atoms with Gasteiger partial charge < -0.3 is 16.0 Å². The number of rotatable bonds is 1. The average molecular weight is 316 g/mol. The lowest BCUT2D eigenvalue weighted by Crippen LogP contribution is -2.54. The van der Waals surface area contributed by atoms with E-state index in [4.69, 9.17) is 28.9 Å². The number of halogens is 2. The monoisotopic (exact) mass is 315 g/mol. The molecule has 0 aliphatic carbocycles. The van der Waals surface area contributed by atoms with Crippen LogP contribution in [0.5, 0.6) is 0 Å². The number of benzene rings is 1. The SMILES string of the molecule is CC1(C)CN(C(=O)Nc2cc(Cl)ccc2Cl)CCC1N. The average Bonchev–Trinajstić information content (AvgIpc) is 2.37. The predicted octanol–water partition coefficient (Wildman–Crippen LogP) is 3.58. The number of urea groups is 1. The van der Waals surface area contributed by atoms with E-state index in [1.54, 1.807) is 23.1 Å². The van der Waals surface area contributed by atoms with Gasteiger partial charge in [0.1, 0.15) is 0 Å². The molecule has 3 N–H and O–H groups in total. The summed E-state index contributed by atoms with van der Waals surface area (Å²) in [5, 5.41) is 3.80. The zero-order valence-electron chi connectivity index (χ0n) is 11.6. The van der Waals surface area contributed by atoms with E-state index < -0.39 is 0 Å². The lowest BCUT2D eigenvalue weighted by atomic mass is 9.80. The van der Waals surface area contributed by atoms with Gasteiger partial charge in [-0.2, -0.15) is 0 Å². The van der Waals surface area contributed by atoms with Crippen LogP contribution < -0.4 is 11.1 Å². The van der Waals surface area contributed by atoms with Crippen molar-refractivity contribution >= 4 is 34.9 Å². The van der Waals surface area contributed by atoms with Crippen molar-refractivity contribution < 1.29 is 4.79 Å². The minimum atomic E-state index is -0.172. The van der Waals surface area contributed by atoms with Crippen LogP contribution in [0.2, 0.25) is 10.0 Å². The van der Waals surface area contributed by atoms with Gasteiger partial charge in [-0.1, -0.05) is 37.0 Å². The smallest absolute Gasteiger partial charge is 0.321 e. The molecule has 110 valence electrons. The van der Waals surface area contributed by atoms with E-state index in [9.17, 15) is 4.79 Å². The highest BCUT2D eigenvalue weighted by Crippen LogP contribution is 2.29. The van der Waals surface area contributed by atoms with Crippen LogP contribution >= 0.6 is 23.2 Å². The third kappa shape index (κ3) is 3.37. The Labute approximate surface area is 129 Å². The molecule has 1 aliphatic rings. The Morgan fingerprint density at radius 2 is 2.15 bits per heavy atom. The van der Waals surface area contributed by atoms with Gasteiger partial charge in [0.05, 0.1) is 10.7 Å². The quantitative estimate of drug-likeness (QED) is 0.832. The van der Waals surface area contributed by atoms with Crippen LogP contribution in [0.15, 0.2) is 18.2 Å². The van der Waals surface area contributed by atoms with Crippen LogP contribution in [-0.4, -0.2) is 30.1 Å². The van der Waals surface area contributed by atoms with Crippen molar-refractivity contribution in [2.45, 2.75) is 26.3 Å². The van der Waals surface area contributed by atoms with Crippen molar-refractivity contribution in [1.82, 2.24) is 4.90 Å². The van der Waals surface area contributed by atoms with E-state index in [0.29, 0.717) is 28.8 Å². The molecule has 0 radical (unpaired) electrons. The van der Waals surface area contributed by atoms with Crippen LogP contribution in [0.3, 0.4) is 0 Å². The summed E-state index contributed by atoms with van der Waals surface area (Å²) >= 11 is 12.0. The fraction of sp³-hybridized carbons (Fsp3) is 0.500. The maximum Gasteiger partial charge on any atom is 0.321 e. The normalized spacial score (nSPS) is 21.6. The highest BCUT2D eigenvalue weighted by Gasteiger charge is 2.35. The van der Waals surface area contributed by atoms with E-state index in [1.165, 1.54) is 0 Å².